The molecule has 3 N–H and O–H groups in total. The third-order valence-electron chi connectivity index (χ3n) is 7.99. The normalized spacial score (nSPS) is 23.8. The molecule has 43 heavy (non-hydrogen) atoms. The number of nitrogens with one attached hydrogen (secondary N) is 2. The van der Waals surface area contributed by atoms with E-state index >= 15 is 0 Å². The van der Waals surface area contributed by atoms with Crippen LogP contribution >= 0.6 is 0 Å². The monoisotopic (exact) mass is 602 g/mol. The number of hydroxylamine groups is 4. The average molecular weight is 603 g/mol. The number of hydrogen-bond donors (Lipinski definition) is 3. The van der Waals surface area contributed by atoms with Crippen molar-refractivity contribution in [3.05, 3.63) is 35.9 Å². The van der Waals surface area contributed by atoms with Crippen LogP contribution < -0.4 is 10.9 Å². The minimum atomic E-state index is -0.632. The smallest absolute Gasteiger partial charge is 0.309 e. The lowest BCUT2D eigenvalue weighted by molar-refractivity contribution is -0.141. The van der Waals surface area contributed by atoms with Gasteiger partial charge in [0.05, 0.1) is 12.1 Å². The van der Waals surface area contributed by atoms with Gasteiger partial charge in [0.25, 0.3) is 11.8 Å². The molecule has 16 heteroatoms. The molecule has 4 atom stereocenters. The van der Waals surface area contributed by atoms with Crippen molar-refractivity contribution in [2.75, 3.05) is 27.2 Å². The van der Waals surface area contributed by atoms with Gasteiger partial charge in [-0.15, -0.1) is 0 Å². The van der Waals surface area contributed by atoms with Gasteiger partial charge >= 0.3 is 12.1 Å². The van der Waals surface area contributed by atoms with Crippen LogP contribution in [0.5, 0.6) is 0 Å². The molecule has 0 spiro atoms. The maximum atomic E-state index is 12.6. The van der Waals surface area contributed by atoms with Gasteiger partial charge in [0, 0.05) is 41.0 Å². The SMILES string of the molecule is CC(=O)N(C)NC(=O)[C@@H]1CC[C@@H]2CN1C(=O)N2O.CC(=O)N(C)NC(=O)[C@@H]1CC[C@@H]2CN1C(=O)N2OCc1ccccc1. The minimum Gasteiger partial charge on any atom is -0.309 e. The minimum absolute atomic E-state index is 0.0502. The van der Waals surface area contributed by atoms with E-state index in [-0.39, 0.29) is 35.8 Å². The molecule has 4 aliphatic rings. The molecule has 0 saturated carbocycles. The van der Waals surface area contributed by atoms with Gasteiger partial charge in [-0.25, -0.2) is 14.7 Å². The Bertz CT molecular complexity index is 1250. The van der Waals surface area contributed by atoms with E-state index in [9.17, 15) is 34.0 Å². The third kappa shape index (κ3) is 6.97. The number of carbonyl (C=O) groups excluding carboxylic acids is 6. The molecule has 4 bridgehead atoms. The first-order chi connectivity index (χ1) is 20.4. The topological polar surface area (TPSA) is 175 Å². The van der Waals surface area contributed by atoms with Crippen LogP contribution in [0.25, 0.3) is 0 Å². The summed E-state index contributed by atoms with van der Waals surface area (Å²) in [7, 11) is 2.92. The summed E-state index contributed by atoms with van der Waals surface area (Å²) in [5.74, 6) is -1.33. The van der Waals surface area contributed by atoms with E-state index in [0.717, 1.165) is 15.6 Å². The Morgan fingerprint density at radius 3 is 1.84 bits per heavy atom. The molecule has 0 aliphatic carbocycles. The van der Waals surface area contributed by atoms with Crippen molar-refractivity contribution in [2.45, 2.75) is 70.3 Å². The molecule has 4 aliphatic heterocycles. The lowest BCUT2D eigenvalue weighted by Crippen LogP contribution is -2.54. The van der Waals surface area contributed by atoms with E-state index in [1.54, 1.807) is 0 Å². The van der Waals surface area contributed by atoms with Crippen molar-refractivity contribution >= 4 is 35.7 Å². The van der Waals surface area contributed by atoms with Gasteiger partial charge in [-0.05, 0) is 31.2 Å². The van der Waals surface area contributed by atoms with E-state index < -0.39 is 24.0 Å². The van der Waals surface area contributed by atoms with Gasteiger partial charge in [-0.2, -0.15) is 5.06 Å². The highest BCUT2D eigenvalue weighted by Gasteiger charge is 2.48. The molecular weight excluding hydrogens is 564 g/mol. The van der Waals surface area contributed by atoms with Crippen molar-refractivity contribution in [2.24, 2.45) is 0 Å². The fourth-order valence-corrected chi connectivity index (χ4v) is 5.35. The number of urea groups is 2. The van der Waals surface area contributed by atoms with Gasteiger partial charge in [0.1, 0.15) is 18.7 Å². The Hall–Kier alpha value is -4.44. The zero-order valence-corrected chi connectivity index (χ0v) is 24.6. The van der Waals surface area contributed by atoms with Crippen LogP contribution in [0, 0.1) is 0 Å². The fourth-order valence-electron chi connectivity index (χ4n) is 5.35. The molecule has 16 nitrogen and oxygen atoms in total. The van der Waals surface area contributed by atoms with Crippen molar-refractivity contribution < 1.29 is 38.8 Å². The van der Waals surface area contributed by atoms with Crippen LogP contribution in [0.15, 0.2) is 30.3 Å². The number of hydrazine groups is 2. The first-order valence-electron chi connectivity index (χ1n) is 14.0. The van der Waals surface area contributed by atoms with Crippen molar-refractivity contribution in [1.29, 1.82) is 0 Å². The van der Waals surface area contributed by atoms with Crippen LogP contribution in [0.3, 0.4) is 0 Å². The van der Waals surface area contributed by atoms with Gasteiger partial charge in [0.2, 0.25) is 11.8 Å². The summed E-state index contributed by atoms with van der Waals surface area (Å²) in [5, 5.41) is 13.7. The van der Waals surface area contributed by atoms with Crippen LogP contribution in [0.2, 0.25) is 0 Å². The molecule has 8 amide bonds. The number of hydrogen-bond acceptors (Lipinski definition) is 8. The second-order valence-electron chi connectivity index (χ2n) is 10.9. The number of rotatable bonds is 5. The number of nitrogens with zero attached hydrogens (tertiary/aromatic N) is 6. The first-order valence-corrected chi connectivity index (χ1v) is 14.0. The van der Waals surface area contributed by atoms with E-state index in [2.05, 4.69) is 10.9 Å². The van der Waals surface area contributed by atoms with Gasteiger partial charge in [0.15, 0.2) is 0 Å². The second kappa shape index (κ2) is 13.2. The Morgan fingerprint density at radius 2 is 1.30 bits per heavy atom. The van der Waals surface area contributed by atoms with E-state index in [1.807, 2.05) is 30.3 Å². The fraction of sp³-hybridized carbons (Fsp3) is 0.556. The molecule has 0 radical (unpaired) electrons. The van der Waals surface area contributed by atoms with E-state index in [1.165, 1.54) is 42.8 Å². The predicted molar refractivity (Wildman–Crippen MR) is 148 cm³/mol. The Labute approximate surface area is 248 Å². The molecule has 4 heterocycles. The first kappa shape index (κ1) is 31.5. The summed E-state index contributed by atoms with van der Waals surface area (Å²) in [5.41, 5.74) is 5.91. The number of carbonyl (C=O) groups is 6. The van der Waals surface area contributed by atoms with Crippen LogP contribution in [0.4, 0.5) is 9.59 Å². The second-order valence-corrected chi connectivity index (χ2v) is 10.9. The summed E-state index contributed by atoms with van der Waals surface area (Å²) in [4.78, 5) is 79.4. The van der Waals surface area contributed by atoms with Crippen LogP contribution in [-0.2, 0) is 30.6 Å². The summed E-state index contributed by atoms with van der Waals surface area (Å²) in [6.07, 6.45) is 2.27. The Balaban J connectivity index is 0.000000208. The number of benzene rings is 1. The molecule has 0 unspecified atom stereocenters. The highest BCUT2D eigenvalue weighted by molar-refractivity contribution is 5.90. The number of amides is 8. The largest absolute Gasteiger partial charge is 0.345 e. The standard InChI is InChI=1S/C17H22N4O4.C10H16N4O4/c1-12(22)19(2)18-16(23)15-9-8-14-10-20(15)17(24)21(14)25-11-13-6-4-3-5-7-13;1-6(15)12(2)11-9(16)8-4-3-7-5-13(8)10(17)14(7)18/h3-7,14-15H,8-11H2,1-2H3,(H,18,23);7-8,18H,3-5H2,1-2H3,(H,11,16)/t14-,15+;7-,8+/m11/s1. The third-order valence-corrected chi connectivity index (χ3v) is 7.99. The molecular formula is C27H38N8O8. The highest BCUT2D eigenvalue weighted by atomic mass is 16.7. The summed E-state index contributed by atoms with van der Waals surface area (Å²) in [6, 6.07) is 7.26. The van der Waals surface area contributed by atoms with Crippen LogP contribution in [0.1, 0.15) is 45.1 Å². The molecule has 5 rings (SSSR count). The van der Waals surface area contributed by atoms with Gasteiger partial charge in [-0.3, -0.25) is 50.1 Å². The predicted octanol–water partition coefficient (Wildman–Crippen LogP) is 0.0500. The zero-order valence-electron chi connectivity index (χ0n) is 24.6. The molecule has 0 aromatic heterocycles. The molecule has 1 aromatic carbocycles. The average Bonchev–Trinajstić information content (AvgIpc) is 3.35. The van der Waals surface area contributed by atoms with Gasteiger partial charge in [-0.1, -0.05) is 30.3 Å². The zero-order chi connectivity index (χ0) is 31.4. The quantitative estimate of drug-likeness (QED) is 0.313. The number of fused-ring (bicyclic) bond motifs is 4. The lowest BCUT2D eigenvalue weighted by Gasteiger charge is -2.30. The molecule has 4 saturated heterocycles. The maximum absolute atomic E-state index is 12.6. The van der Waals surface area contributed by atoms with Gasteiger partial charge < -0.3 is 9.80 Å². The molecule has 1 aromatic rings. The van der Waals surface area contributed by atoms with Crippen LogP contribution in [-0.4, -0.2) is 122 Å². The lowest BCUT2D eigenvalue weighted by atomic mass is 10.0. The summed E-state index contributed by atoms with van der Waals surface area (Å²) < 4.78 is 0. The summed E-state index contributed by atoms with van der Waals surface area (Å²) in [6.45, 7) is 3.79. The maximum Gasteiger partial charge on any atom is 0.345 e. The molecule has 4 fully saturated rings. The van der Waals surface area contributed by atoms with Crippen molar-refractivity contribution in [1.82, 2.24) is 40.8 Å². The van der Waals surface area contributed by atoms with Crippen molar-refractivity contribution in [3.63, 3.8) is 0 Å². The van der Waals surface area contributed by atoms with E-state index in [0.29, 0.717) is 50.4 Å². The Kier molecular flexibility index (Phi) is 9.70. The summed E-state index contributed by atoms with van der Waals surface area (Å²) >= 11 is 0. The van der Waals surface area contributed by atoms with Crippen molar-refractivity contribution in [3.8, 4) is 0 Å². The molecule has 234 valence electrons. The Morgan fingerprint density at radius 1 is 0.814 bits per heavy atom. The van der Waals surface area contributed by atoms with E-state index in [4.69, 9.17) is 4.84 Å². The number of piperidine rings is 2. The highest BCUT2D eigenvalue weighted by Crippen LogP contribution is 2.31.